The lowest BCUT2D eigenvalue weighted by Crippen LogP contribution is -2.50. The third-order valence-corrected chi connectivity index (χ3v) is 10.3. The second-order valence-corrected chi connectivity index (χ2v) is 11.1. The Labute approximate surface area is 173 Å². The van der Waals surface area contributed by atoms with Crippen molar-refractivity contribution in [2.24, 2.45) is 40.9 Å². The number of rotatable bonds is 3. The normalized spacial score (nSPS) is 45.1. The Bertz CT molecular complexity index is 580. The fraction of sp³-hybridized carbons (Fsp3) is 1.00. The molecule has 6 atom stereocenters. The summed E-state index contributed by atoms with van der Waals surface area (Å²) in [6.07, 6.45) is 20.1. The average molecular weight is 389 g/mol. The van der Waals surface area contributed by atoms with Crippen molar-refractivity contribution in [1.82, 2.24) is 0 Å². The molecule has 0 aromatic carbocycles. The second kappa shape index (κ2) is 7.91. The van der Waals surface area contributed by atoms with Gasteiger partial charge < -0.3 is 0 Å². The molecule has 0 aliphatic heterocycles. The molecule has 5 fully saturated rings. The van der Waals surface area contributed by atoms with Gasteiger partial charge in [-0.2, -0.15) is 0 Å². The van der Waals surface area contributed by atoms with Crippen LogP contribution in [-0.4, -0.2) is 11.0 Å². The van der Waals surface area contributed by atoms with E-state index in [1.165, 1.54) is 70.6 Å². The summed E-state index contributed by atoms with van der Waals surface area (Å²) in [6.45, 7) is 0. The van der Waals surface area contributed by atoms with E-state index in [2.05, 4.69) is 0 Å². The molecule has 0 saturated heterocycles. The summed E-state index contributed by atoms with van der Waals surface area (Å²) in [5, 5.41) is 11.8. The minimum absolute atomic E-state index is 0.0674. The van der Waals surface area contributed by atoms with Gasteiger partial charge in [0.05, 0.1) is 0 Å². The standard InChI is InChI=1S/C25H41NO2/c27-26(28)20-15-16-22-21-13-7-8-14-23(21)25(24(22)17-20,18-9-3-1-4-10-18)19-11-5-2-6-12-19/h18-24H,1-17H2/i8D. The molecule has 0 spiro atoms. The van der Waals surface area contributed by atoms with Crippen molar-refractivity contribution in [3.63, 3.8) is 0 Å². The van der Waals surface area contributed by atoms with E-state index in [9.17, 15) is 10.1 Å². The van der Waals surface area contributed by atoms with Crippen molar-refractivity contribution in [2.75, 3.05) is 0 Å². The molecule has 5 aliphatic rings. The third-order valence-electron chi connectivity index (χ3n) is 10.3. The fourth-order valence-corrected chi connectivity index (χ4v) is 9.55. The highest BCUT2D eigenvalue weighted by atomic mass is 16.6. The van der Waals surface area contributed by atoms with Crippen LogP contribution in [0, 0.1) is 51.0 Å². The van der Waals surface area contributed by atoms with E-state index in [1.807, 2.05) is 0 Å². The third kappa shape index (κ3) is 2.97. The van der Waals surface area contributed by atoms with Crippen LogP contribution in [0.15, 0.2) is 0 Å². The Balaban J connectivity index is 1.59. The highest BCUT2D eigenvalue weighted by Crippen LogP contribution is 2.71. The molecule has 0 bridgehead atoms. The van der Waals surface area contributed by atoms with Gasteiger partial charge in [-0.05, 0) is 85.9 Å². The van der Waals surface area contributed by atoms with Crippen molar-refractivity contribution in [3.8, 4) is 0 Å². The van der Waals surface area contributed by atoms with Crippen molar-refractivity contribution in [1.29, 1.82) is 0 Å². The molecule has 0 N–H and O–H groups in total. The van der Waals surface area contributed by atoms with Crippen molar-refractivity contribution < 1.29 is 6.29 Å². The lowest BCUT2D eigenvalue weighted by atomic mass is 9.48. The van der Waals surface area contributed by atoms with Crippen LogP contribution in [-0.2, 0) is 0 Å². The van der Waals surface area contributed by atoms with Crippen LogP contribution in [0.5, 0.6) is 0 Å². The van der Waals surface area contributed by atoms with Crippen LogP contribution in [0.4, 0.5) is 0 Å². The monoisotopic (exact) mass is 388 g/mol. The van der Waals surface area contributed by atoms with Gasteiger partial charge in [-0.1, -0.05) is 51.3 Å². The summed E-state index contributed by atoms with van der Waals surface area (Å²) >= 11 is 0. The predicted molar refractivity (Wildman–Crippen MR) is 113 cm³/mol. The number of nitro groups is 1. The highest BCUT2D eigenvalue weighted by Gasteiger charge is 2.66. The van der Waals surface area contributed by atoms with E-state index >= 15 is 0 Å². The number of nitrogens with zero attached hydrogens (tertiary/aromatic N) is 1. The molecule has 3 nitrogen and oxygen atoms in total. The Hall–Kier alpha value is -0.600. The van der Waals surface area contributed by atoms with Gasteiger partial charge in [0.25, 0.3) is 0 Å². The van der Waals surface area contributed by atoms with Gasteiger partial charge in [0, 0.05) is 19.1 Å². The Morgan fingerprint density at radius 3 is 1.93 bits per heavy atom. The van der Waals surface area contributed by atoms with Crippen LogP contribution >= 0.6 is 0 Å². The molecule has 3 heteroatoms. The largest absolute Gasteiger partial charge is 0.264 e. The summed E-state index contributed by atoms with van der Waals surface area (Å²) in [7, 11) is 0. The van der Waals surface area contributed by atoms with Gasteiger partial charge in [-0.3, -0.25) is 10.1 Å². The fourth-order valence-electron chi connectivity index (χ4n) is 9.55. The summed E-state index contributed by atoms with van der Waals surface area (Å²) in [5.74, 6) is 4.37. The number of hydrogen-bond acceptors (Lipinski definition) is 2. The molecule has 0 radical (unpaired) electrons. The number of fused-ring (bicyclic) bond motifs is 3. The molecule has 6 unspecified atom stereocenters. The van der Waals surface area contributed by atoms with E-state index in [0.29, 0.717) is 17.3 Å². The quantitative estimate of drug-likeness (QED) is 0.385. The average Bonchev–Trinajstić information content (AvgIpc) is 3.04. The Morgan fingerprint density at radius 1 is 0.714 bits per heavy atom. The van der Waals surface area contributed by atoms with Gasteiger partial charge in [0.1, 0.15) is 0 Å². The second-order valence-electron chi connectivity index (χ2n) is 11.1. The van der Waals surface area contributed by atoms with Gasteiger partial charge in [0.2, 0.25) is 6.04 Å². The van der Waals surface area contributed by atoms with Gasteiger partial charge in [0.15, 0.2) is 0 Å². The Kier molecular flexibility index (Phi) is 5.14. The molecule has 0 amide bonds. The van der Waals surface area contributed by atoms with E-state index in [0.717, 1.165) is 55.8 Å². The maximum atomic E-state index is 11.8. The van der Waals surface area contributed by atoms with E-state index in [4.69, 9.17) is 1.37 Å². The van der Waals surface area contributed by atoms with Gasteiger partial charge in [-0.15, -0.1) is 0 Å². The van der Waals surface area contributed by atoms with Crippen LogP contribution in [0.1, 0.15) is 111 Å². The lowest BCUT2D eigenvalue weighted by Gasteiger charge is -2.56. The minimum atomic E-state index is -0.297. The molecule has 0 heterocycles. The molecule has 0 aromatic rings. The Morgan fingerprint density at radius 2 is 1.32 bits per heavy atom. The molecule has 5 aliphatic carbocycles. The van der Waals surface area contributed by atoms with Crippen LogP contribution in [0.3, 0.4) is 0 Å². The summed E-state index contributed by atoms with van der Waals surface area (Å²) in [5.41, 5.74) is 0.338. The lowest BCUT2D eigenvalue weighted by molar-refractivity contribution is -0.529. The maximum absolute atomic E-state index is 11.8. The molecule has 28 heavy (non-hydrogen) atoms. The first-order chi connectivity index (χ1) is 14.1. The topological polar surface area (TPSA) is 43.1 Å². The zero-order chi connectivity index (χ0) is 20.0. The molecule has 5 saturated carbocycles. The summed E-state index contributed by atoms with van der Waals surface area (Å²) in [6, 6.07) is -0.297. The van der Waals surface area contributed by atoms with E-state index in [1.54, 1.807) is 0 Å². The van der Waals surface area contributed by atoms with Crippen LogP contribution in [0.25, 0.3) is 0 Å². The first-order valence-electron chi connectivity index (χ1n) is 13.3. The van der Waals surface area contributed by atoms with Crippen molar-refractivity contribution in [2.45, 2.75) is 115 Å². The first-order valence-corrected chi connectivity index (χ1v) is 12.7. The predicted octanol–water partition coefficient (Wildman–Crippen LogP) is 7.02. The van der Waals surface area contributed by atoms with Crippen molar-refractivity contribution >= 4 is 0 Å². The summed E-state index contributed by atoms with van der Waals surface area (Å²) < 4.78 is 8.69. The zero-order valence-corrected chi connectivity index (χ0v) is 17.7. The SMILES string of the molecule is [2H]C1CCC2C3CCC([N+](=O)[O-])CC3C(C3CCCCC3)(C3CCCCC3)C2C1. The van der Waals surface area contributed by atoms with Crippen LogP contribution < -0.4 is 0 Å². The molecular weight excluding hydrogens is 346 g/mol. The molecular formula is C25H41NO2. The van der Waals surface area contributed by atoms with Gasteiger partial charge in [-0.25, -0.2) is 0 Å². The van der Waals surface area contributed by atoms with Crippen molar-refractivity contribution in [3.05, 3.63) is 10.1 Å². The maximum Gasteiger partial charge on any atom is 0.213 e. The summed E-state index contributed by atoms with van der Waals surface area (Å²) in [4.78, 5) is 11.9. The highest BCUT2D eigenvalue weighted by molar-refractivity contribution is 5.13. The van der Waals surface area contributed by atoms with Crippen LogP contribution in [0.2, 0.25) is 0 Å². The zero-order valence-electron chi connectivity index (χ0n) is 18.7. The minimum Gasteiger partial charge on any atom is -0.264 e. The van der Waals surface area contributed by atoms with E-state index in [-0.39, 0.29) is 17.4 Å². The molecule has 5 rings (SSSR count). The van der Waals surface area contributed by atoms with E-state index < -0.39 is 0 Å². The smallest absolute Gasteiger partial charge is 0.213 e. The molecule has 158 valence electrons. The van der Waals surface area contributed by atoms with Gasteiger partial charge >= 0.3 is 0 Å². The first kappa shape index (κ1) is 18.2. The number of hydrogen-bond donors (Lipinski definition) is 0. The molecule has 0 aromatic heterocycles.